The first-order chi connectivity index (χ1) is 7.83. The van der Waals surface area contributed by atoms with Gasteiger partial charge in [0.25, 0.3) is 0 Å². The number of likely N-dealkylation sites (N-methyl/N-ethyl adjacent to an activating group) is 1. The summed E-state index contributed by atoms with van der Waals surface area (Å²) < 4.78 is 5.41. The van der Waals surface area contributed by atoms with Crippen LogP contribution in [-0.4, -0.2) is 24.6 Å². The van der Waals surface area contributed by atoms with Crippen molar-refractivity contribution in [3.05, 3.63) is 36.8 Å². The first-order valence-corrected chi connectivity index (χ1v) is 6.20. The van der Waals surface area contributed by atoms with Crippen molar-refractivity contribution in [3.63, 3.8) is 0 Å². The maximum absolute atomic E-state index is 5.41. The molecule has 16 heavy (non-hydrogen) atoms. The van der Waals surface area contributed by atoms with E-state index in [9.17, 15) is 0 Å². The van der Waals surface area contributed by atoms with Gasteiger partial charge >= 0.3 is 0 Å². The van der Waals surface area contributed by atoms with Gasteiger partial charge in [-0.15, -0.1) is 0 Å². The molecule has 1 aliphatic heterocycles. The average Bonchev–Trinajstić information content (AvgIpc) is 2.42. The molecular weight excluding hydrogens is 198 g/mol. The van der Waals surface area contributed by atoms with Gasteiger partial charge in [0.1, 0.15) is 12.4 Å². The fourth-order valence-corrected chi connectivity index (χ4v) is 1.34. The topological polar surface area (TPSA) is 12.5 Å². The minimum Gasteiger partial charge on any atom is -0.490 e. The van der Waals surface area contributed by atoms with Crippen LogP contribution in [0.1, 0.15) is 34.6 Å². The molecule has 0 saturated carbocycles. The van der Waals surface area contributed by atoms with Crippen molar-refractivity contribution in [2.24, 2.45) is 0 Å². The van der Waals surface area contributed by atoms with E-state index in [-0.39, 0.29) is 0 Å². The van der Waals surface area contributed by atoms with Crippen LogP contribution in [0.2, 0.25) is 0 Å². The first kappa shape index (κ1) is 17.2. The van der Waals surface area contributed by atoms with Gasteiger partial charge in [-0.25, -0.2) is 0 Å². The van der Waals surface area contributed by atoms with Crippen LogP contribution in [0.5, 0.6) is 0 Å². The summed E-state index contributed by atoms with van der Waals surface area (Å²) in [5, 5.41) is 0. The van der Waals surface area contributed by atoms with E-state index in [1.165, 1.54) is 0 Å². The number of ether oxygens (including phenoxy) is 1. The highest BCUT2D eigenvalue weighted by molar-refractivity contribution is 5.27. The first-order valence-electron chi connectivity index (χ1n) is 6.20. The van der Waals surface area contributed by atoms with Crippen molar-refractivity contribution in [3.8, 4) is 0 Å². The van der Waals surface area contributed by atoms with E-state index in [1.807, 2.05) is 33.8 Å². The molecule has 1 rings (SSSR count). The minimum atomic E-state index is 0.743. The third-order valence-electron chi connectivity index (χ3n) is 1.97. The van der Waals surface area contributed by atoms with Crippen molar-refractivity contribution >= 4 is 0 Å². The smallest absolute Gasteiger partial charge is 0.142 e. The molecule has 0 aromatic heterocycles. The number of nitrogens with zero attached hydrogens (tertiary/aromatic N) is 1. The summed E-state index contributed by atoms with van der Waals surface area (Å²) in [5.41, 5.74) is 1.05. The molecular formula is C14H27NO. The molecule has 0 saturated heterocycles. The second kappa shape index (κ2) is 11.9. The Morgan fingerprint density at radius 1 is 1.19 bits per heavy atom. The third kappa shape index (κ3) is 5.06. The maximum atomic E-state index is 5.41. The van der Waals surface area contributed by atoms with E-state index >= 15 is 0 Å². The largest absolute Gasteiger partial charge is 0.490 e. The Labute approximate surface area is 101 Å². The van der Waals surface area contributed by atoms with Gasteiger partial charge < -0.3 is 9.64 Å². The number of allylic oxidation sites excluding steroid dienone is 2. The molecule has 0 spiro atoms. The van der Waals surface area contributed by atoms with Crippen LogP contribution in [-0.2, 0) is 4.74 Å². The fourth-order valence-electron chi connectivity index (χ4n) is 1.34. The van der Waals surface area contributed by atoms with Gasteiger partial charge in [0.2, 0.25) is 0 Å². The predicted molar refractivity (Wildman–Crippen MR) is 73.3 cm³/mol. The van der Waals surface area contributed by atoms with Crippen LogP contribution in [0.4, 0.5) is 0 Å². The molecule has 0 fully saturated rings. The highest BCUT2D eigenvalue weighted by Crippen LogP contribution is 2.17. The Hall–Kier alpha value is -1.18. The summed E-state index contributed by atoms with van der Waals surface area (Å²) in [6.07, 6.45) is 3.55. The van der Waals surface area contributed by atoms with Crippen molar-refractivity contribution in [2.75, 3.05) is 19.7 Å². The van der Waals surface area contributed by atoms with E-state index < -0.39 is 0 Å². The molecule has 0 amide bonds. The molecule has 0 aliphatic carbocycles. The number of hydrogen-bond donors (Lipinski definition) is 0. The van der Waals surface area contributed by atoms with E-state index in [2.05, 4.69) is 25.0 Å². The van der Waals surface area contributed by atoms with Crippen LogP contribution < -0.4 is 0 Å². The quantitative estimate of drug-likeness (QED) is 0.720. The monoisotopic (exact) mass is 225 g/mol. The maximum Gasteiger partial charge on any atom is 0.142 e. The van der Waals surface area contributed by atoms with Crippen molar-refractivity contribution in [1.29, 1.82) is 0 Å². The normalized spacial score (nSPS) is 13.7. The average molecular weight is 225 g/mol. The van der Waals surface area contributed by atoms with E-state index in [0.29, 0.717) is 0 Å². The van der Waals surface area contributed by atoms with Gasteiger partial charge in [-0.1, -0.05) is 40.9 Å². The Balaban J connectivity index is 0. The van der Waals surface area contributed by atoms with Crippen LogP contribution in [0.25, 0.3) is 0 Å². The molecule has 0 atom stereocenters. The second-order valence-electron chi connectivity index (χ2n) is 2.59. The second-order valence-corrected chi connectivity index (χ2v) is 2.59. The van der Waals surface area contributed by atoms with Gasteiger partial charge in [-0.3, -0.25) is 0 Å². The molecule has 0 radical (unpaired) electrons. The fraction of sp³-hybridized carbons (Fsp3) is 0.571. The Kier molecular flexibility index (Phi) is 12.8. The molecule has 0 aromatic carbocycles. The standard InChI is InChI=1S/C10H15NO.2C2H6/c1-4-9-10(5-2)12-8-7-11(9)6-3;2*1-2/h4-5H,1-2,6-8H2,3H3;2*1-2H3. The van der Waals surface area contributed by atoms with E-state index in [1.54, 1.807) is 6.08 Å². The summed E-state index contributed by atoms with van der Waals surface area (Å²) in [5.74, 6) is 0.845. The van der Waals surface area contributed by atoms with E-state index in [4.69, 9.17) is 4.74 Å². The lowest BCUT2D eigenvalue weighted by Crippen LogP contribution is -2.31. The molecule has 0 unspecified atom stereocenters. The van der Waals surface area contributed by atoms with Crippen molar-refractivity contribution in [2.45, 2.75) is 34.6 Å². The molecule has 0 bridgehead atoms. The molecule has 0 aromatic rings. The number of hydrogen-bond acceptors (Lipinski definition) is 2. The zero-order valence-corrected chi connectivity index (χ0v) is 11.5. The van der Waals surface area contributed by atoms with Crippen molar-refractivity contribution < 1.29 is 4.74 Å². The molecule has 1 aliphatic rings. The van der Waals surface area contributed by atoms with Crippen LogP contribution in [0.3, 0.4) is 0 Å². The summed E-state index contributed by atoms with van der Waals surface area (Å²) in [6.45, 7) is 20.2. The molecule has 1 heterocycles. The molecule has 2 heteroatoms. The van der Waals surface area contributed by atoms with E-state index in [0.717, 1.165) is 31.2 Å². The van der Waals surface area contributed by atoms with Crippen LogP contribution in [0.15, 0.2) is 36.8 Å². The van der Waals surface area contributed by atoms with Crippen LogP contribution >= 0.6 is 0 Å². The molecule has 0 N–H and O–H groups in total. The lowest BCUT2D eigenvalue weighted by atomic mass is 10.2. The third-order valence-corrected chi connectivity index (χ3v) is 1.97. The Morgan fingerprint density at radius 2 is 1.75 bits per heavy atom. The number of rotatable bonds is 3. The van der Waals surface area contributed by atoms with Gasteiger partial charge in [0.05, 0.1) is 12.2 Å². The minimum absolute atomic E-state index is 0.743. The summed E-state index contributed by atoms with van der Waals surface area (Å²) in [4.78, 5) is 2.23. The highest BCUT2D eigenvalue weighted by atomic mass is 16.5. The van der Waals surface area contributed by atoms with Gasteiger partial charge in [0, 0.05) is 6.54 Å². The molecule has 94 valence electrons. The van der Waals surface area contributed by atoms with Crippen LogP contribution in [0, 0.1) is 0 Å². The van der Waals surface area contributed by atoms with Gasteiger partial charge in [-0.2, -0.15) is 0 Å². The lowest BCUT2D eigenvalue weighted by Gasteiger charge is -2.30. The van der Waals surface area contributed by atoms with Crippen molar-refractivity contribution in [1.82, 2.24) is 4.90 Å². The zero-order valence-electron chi connectivity index (χ0n) is 11.5. The summed E-state index contributed by atoms with van der Waals surface area (Å²) in [7, 11) is 0. The summed E-state index contributed by atoms with van der Waals surface area (Å²) in [6, 6.07) is 0. The molecule has 2 nitrogen and oxygen atoms in total. The predicted octanol–water partition coefficient (Wildman–Crippen LogP) is 3.97. The zero-order chi connectivity index (χ0) is 13.0. The van der Waals surface area contributed by atoms with Gasteiger partial charge in [-0.05, 0) is 19.1 Å². The van der Waals surface area contributed by atoms with Gasteiger partial charge in [0.15, 0.2) is 0 Å². The SMILES string of the molecule is C=CC1=C(C=C)N(CC)CCO1.CC.CC. The highest BCUT2D eigenvalue weighted by Gasteiger charge is 2.14. The Morgan fingerprint density at radius 3 is 2.12 bits per heavy atom. The Bertz CT molecular complexity index is 219. The lowest BCUT2D eigenvalue weighted by molar-refractivity contribution is 0.146. The summed E-state index contributed by atoms with van der Waals surface area (Å²) >= 11 is 0.